The highest BCUT2D eigenvalue weighted by Gasteiger charge is 2.33. The molecule has 3 amide bonds. The molecular weight excluding hydrogens is 658 g/mol. The van der Waals surface area contributed by atoms with Crippen LogP contribution in [0.1, 0.15) is 94.1 Å². The first-order valence-electron chi connectivity index (χ1n) is 19.0. The van der Waals surface area contributed by atoms with Gasteiger partial charge in [-0.2, -0.15) is 0 Å². The molecule has 52 heavy (non-hydrogen) atoms. The van der Waals surface area contributed by atoms with Gasteiger partial charge in [0.1, 0.15) is 19.3 Å². The highest BCUT2D eigenvalue weighted by molar-refractivity contribution is 5.86. The van der Waals surface area contributed by atoms with E-state index in [0.29, 0.717) is 31.7 Å². The molecule has 10 nitrogen and oxygen atoms in total. The zero-order chi connectivity index (χ0) is 36.9. The quantitative estimate of drug-likeness (QED) is 0.120. The fourth-order valence-electron chi connectivity index (χ4n) is 8.08. The van der Waals surface area contributed by atoms with Gasteiger partial charge < -0.3 is 30.1 Å². The Kier molecular flexibility index (Phi) is 14.5. The number of rotatable bonds is 18. The van der Waals surface area contributed by atoms with Crippen molar-refractivity contribution in [3.8, 4) is 11.1 Å². The monoisotopic (exact) mass is 713 g/mol. The van der Waals surface area contributed by atoms with Crippen molar-refractivity contribution in [3.05, 3.63) is 85.0 Å². The lowest BCUT2D eigenvalue weighted by atomic mass is 9.84. The average molecular weight is 714 g/mol. The summed E-state index contributed by atoms with van der Waals surface area (Å²) in [6.07, 6.45) is 11.4. The first-order valence-corrected chi connectivity index (χ1v) is 19.0. The summed E-state index contributed by atoms with van der Waals surface area (Å²) in [6.45, 7) is 8.11. The predicted octanol–water partition coefficient (Wildman–Crippen LogP) is 6.42. The number of fused-ring (bicyclic) bond motifs is 3. The lowest BCUT2D eigenvalue weighted by molar-refractivity contribution is -0.148. The number of benzene rings is 2. The summed E-state index contributed by atoms with van der Waals surface area (Å²) >= 11 is 0. The van der Waals surface area contributed by atoms with Crippen LogP contribution >= 0.6 is 0 Å². The van der Waals surface area contributed by atoms with Crippen molar-refractivity contribution < 1.29 is 33.8 Å². The molecule has 0 aromatic heterocycles. The van der Waals surface area contributed by atoms with E-state index in [1.165, 1.54) is 6.42 Å². The number of alkyl carbamates (subject to hydrolysis) is 1. The number of ether oxygens (including phenoxy) is 2. The van der Waals surface area contributed by atoms with Crippen molar-refractivity contribution in [1.29, 1.82) is 0 Å². The molecule has 2 aromatic carbocycles. The van der Waals surface area contributed by atoms with E-state index in [0.717, 1.165) is 60.8 Å². The lowest BCUT2D eigenvalue weighted by Gasteiger charge is -2.29. The normalized spacial score (nSPS) is 18.7. The van der Waals surface area contributed by atoms with E-state index in [4.69, 9.17) is 9.47 Å². The zero-order valence-corrected chi connectivity index (χ0v) is 30.3. The molecule has 2 aliphatic carbocycles. The molecular formula is C42H55N3O7. The summed E-state index contributed by atoms with van der Waals surface area (Å²) in [6, 6.07) is 14.5. The van der Waals surface area contributed by atoms with Gasteiger partial charge in [0.05, 0.1) is 24.6 Å². The Morgan fingerprint density at radius 3 is 2.23 bits per heavy atom. The number of carbonyl (C=O) groups is 4. The molecule has 3 N–H and O–H groups in total. The van der Waals surface area contributed by atoms with Gasteiger partial charge in [-0.05, 0) is 66.7 Å². The molecule has 0 radical (unpaired) electrons. The first kappa shape index (κ1) is 38.8. The Balaban J connectivity index is 1.20. The number of hydrogen-bond acceptors (Lipinski definition) is 7. The molecule has 0 spiro atoms. The highest BCUT2D eigenvalue weighted by atomic mass is 16.6. The van der Waals surface area contributed by atoms with E-state index in [1.54, 1.807) is 17.1 Å². The summed E-state index contributed by atoms with van der Waals surface area (Å²) in [4.78, 5) is 55.2. The summed E-state index contributed by atoms with van der Waals surface area (Å²) in [5, 5.41) is 15.5. The highest BCUT2D eigenvalue weighted by Crippen LogP contribution is 2.44. The van der Waals surface area contributed by atoms with Crippen molar-refractivity contribution in [3.63, 3.8) is 0 Å². The number of carbonyl (C=O) groups excluding carboxylic acids is 4. The van der Waals surface area contributed by atoms with Gasteiger partial charge in [0, 0.05) is 18.9 Å². The standard InChI is InChI=1S/C42H55N3O7/c1-3-5-22-38(44-42(50)52-28-37-35-20-11-9-18-33(35)34-19-10-12-21-36(34)37)41(49)51-27-31(24-29-15-7-6-8-16-29)43-40(48)30(14-4-2)25-39(47)45-23-13-17-32(45)26-46/h3-4,9-12,18-21,29-32,37-38,46H,1-2,5-8,13-17,22-28H2,(H,43,48)(H,44,50)/t30-,31+,32+,38+/m1/s1. The van der Waals surface area contributed by atoms with E-state index in [9.17, 15) is 24.3 Å². The number of nitrogens with zero attached hydrogens (tertiary/aromatic N) is 1. The molecule has 2 aromatic rings. The van der Waals surface area contributed by atoms with Crippen LogP contribution in [0.25, 0.3) is 11.1 Å². The number of nitrogens with one attached hydrogen (secondary N) is 2. The third kappa shape index (κ3) is 10.1. The Bertz CT molecular complexity index is 1510. The maximum Gasteiger partial charge on any atom is 0.407 e. The average Bonchev–Trinajstić information content (AvgIpc) is 3.77. The van der Waals surface area contributed by atoms with E-state index < -0.39 is 30.1 Å². The molecule has 1 heterocycles. The molecule has 1 aliphatic heterocycles. The summed E-state index contributed by atoms with van der Waals surface area (Å²) < 4.78 is 11.5. The molecule has 1 saturated heterocycles. The largest absolute Gasteiger partial charge is 0.462 e. The van der Waals surface area contributed by atoms with Gasteiger partial charge in [-0.1, -0.05) is 92.8 Å². The molecule has 5 rings (SSSR count). The third-order valence-electron chi connectivity index (χ3n) is 10.8. The Morgan fingerprint density at radius 2 is 1.58 bits per heavy atom. The van der Waals surface area contributed by atoms with E-state index in [2.05, 4.69) is 35.9 Å². The molecule has 4 atom stereocenters. The SMILES string of the molecule is C=CCC[C@H](NC(=O)OCC1c2ccccc2-c2ccccc21)C(=O)OC[C@H](CC1CCCCC1)NC(=O)[C@H](CC=C)CC(=O)N1CCC[C@H]1CO. The van der Waals surface area contributed by atoms with Crippen molar-refractivity contribution in [2.75, 3.05) is 26.4 Å². The second-order valence-electron chi connectivity index (χ2n) is 14.5. The Labute approximate surface area is 308 Å². The van der Waals surface area contributed by atoms with Gasteiger partial charge in [0.2, 0.25) is 11.8 Å². The number of likely N-dealkylation sites (tertiary alicyclic amines) is 1. The van der Waals surface area contributed by atoms with Crippen LogP contribution in [0.5, 0.6) is 0 Å². The van der Waals surface area contributed by atoms with Gasteiger partial charge in [-0.3, -0.25) is 9.59 Å². The fourth-order valence-corrected chi connectivity index (χ4v) is 8.08. The van der Waals surface area contributed by atoms with Crippen molar-refractivity contribution in [2.24, 2.45) is 11.8 Å². The zero-order valence-electron chi connectivity index (χ0n) is 30.3. The minimum Gasteiger partial charge on any atom is -0.462 e. The van der Waals surface area contributed by atoms with Gasteiger partial charge in [-0.25, -0.2) is 9.59 Å². The van der Waals surface area contributed by atoms with Gasteiger partial charge in [-0.15, -0.1) is 13.2 Å². The van der Waals surface area contributed by atoms with Crippen molar-refractivity contribution in [1.82, 2.24) is 15.5 Å². The van der Waals surface area contributed by atoms with Crippen LogP contribution in [0.15, 0.2) is 73.8 Å². The second kappa shape index (κ2) is 19.4. The molecule has 3 aliphatic rings. The Hall–Kier alpha value is -4.44. The van der Waals surface area contributed by atoms with Gasteiger partial charge >= 0.3 is 12.1 Å². The molecule has 280 valence electrons. The smallest absolute Gasteiger partial charge is 0.407 e. The minimum atomic E-state index is -0.967. The number of esters is 1. The van der Waals surface area contributed by atoms with E-state index >= 15 is 0 Å². The van der Waals surface area contributed by atoms with Crippen molar-refractivity contribution in [2.45, 2.75) is 101 Å². The van der Waals surface area contributed by atoms with Crippen LogP contribution < -0.4 is 10.6 Å². The summed E-state index contributed by atoms with van der Waals surface area (Å²) in [5.74, 6) is -1.43. The van der Waals surface area contributed by atoms with Crippen LogP contribution in [-0.4, -0.2) is 78.4 Å². The van der Waals surface area contributed by atoms with Crippen molar-refractivity contribution >= 4 is 23.9 Å². The van der Waals surface area contributed by atoms with E-state index in [-0.39, 0.29) is 56.4 Å². The van der Waals surface area contributed by atoms with Crippen LogP contribution in [0.4, 0.5) is 4.79 Å². The van der Waals surface area contributed by atoms with Crippen LogP contribution in [0.2, 0.25) is 0 Å². The minimum absolute atomic E-state index is 0.0119. The number of amides is 3. The second-order valence-corrected chi connectivity index (χ2v) is 14.5. The number of allylic oxidation sites excluding steroid dienone is 2. The van der Waals surface area contributed by atoms with Crippen LogP contribution in [0, 0.1) is 11.8 Å². The fraction of sp³-hybridized carbons (Fsp3) is 0.524. The van der Waals surface area contributed by atoms with Gasteiger partial charge in [0.15, 0.2) is 0 Å². The number of hydrogen-bond donors (Lipinski definition) is 3. The lowest BCUT2D eigenvalue weighted by Crippen LogP contribution is -2.47. The first-order chi connectivity index (χ1) is 25.3. The van der Waals surface area contributed by atoms with Crippen LogP contribution in [0.3, 0.4) is 0 Å². The molecule has 2 fully saturated rings. The van der Waals surface area contributed by atoms with Gasteiger partial charge in [0.25, 0.3) is 0 Å². The molecule has 0 bridgehead atoms. The molecule has 0 unspecified atom stereocenters. The van der Waals surface area contributed by atoms with E-state index in [1.807, 2.05) is 36.4 Å². The predicted molar refractivity (Wildman–Crippen MR) is 200 cm³/mol. The molecule has 1 saturated carbocycles. The third-order valence-corrected chi connectivity index (χ3v) is 10.8. The Morgan fingerprint density at radius 1 is 0.885 bits per heavy atom. The maximum absolute atomic E-state index is 13.7. The maximum atomic E-state index is 13.7. The molecule has 10 heteroatoms. The topological polar surface area (TPSA) is 134 Å². The summed E-state index contributed by atoms with van der Waals surface area (Å²) in [7, 11) is 0. The van der Waals surface area contributed by atoms with Crippen LogP contribution in [-0.2, 0) is 23.9 Å². The number of aliphatic hydroxyl groups excluding tert-OH is 1. The summed E-state index contributed by atoms with van der Waals surface area (Å²) in [5.41, 5.74) is 4.43. The number of aliphatic hydroxyl groups is 1.